The fourth-order valence-electron chi connectivity index (χ4n) is 4.90. The van der Waals surface area contributed by atoms with Crippen molar-refractivity contribution in [3.05, 3.63) is 42.0 Å². The first-order valence-corrected chi connectivity index (χ1v) is 16.0. The monoisotopic (exact) mass is 615 g/mol. The maximum absolute atomic E-state index is 13.3. The lowest BCUT2D eigenvalue weighted by Crippen LogP contribution is -2.54. The zero-order valence-electron chi connectivity index (χ0n) is 26.6. The fraction of sp³-hybridized carbons (Fsp3) is 0.629. The number of hydrogen-bond acceptors (Lipinski definition) is 7. The van der Waals surface area contributed by atoms with Crippen LogP contribution < -0.4 is 10.1 Å². The van der Waals surface area contributed by atoms with E-state index in [1.54, 1.807) is 37.3 Å². The van der Waals surface area contributed by atoms with E-state index in [0.29, 0.717) is 30.8 Å². The van der Waals surface area contributed by atoms with E-state index in [2.05, 4.69) is 24.1 Å². The van der Waals surface area contributed by atoms with Gasteiger partial charge in [0.25, 0.3) is 0 Å². The van der Waals surface area contributed by atoms with Crippen molar-refractivity contribution in [2.45, 2.75) is 115 Å². The number of hydrogen-bond donors (Lipinski definition) is 5. The van der Waals surface area contributed by atoms with Crippen molar-refractivity contribution in [2.75, 3.05) is 19.8 Å². The Morgan fingerprint density at radius 1 is 0.977 bits per heavy atom. The van der Waals surface area contributed by atoms with Crippen molar-refractivity contribution < 1.29 is 39.5 Å². The number of Topliss-reactive ketones (excluding diaryl/α,β-unsaturated/α-hetero) is 1. The highest BCUT2D eigenvalue weighted by Gasteiger charge is 2.46. The van der Waals surface area contributed by atoms with E-state index in [4.69, 9.17) is 4.74 Å². The Labute approximate surface area is 263 Å². The number of rotatable bonds is 25. The molecule has 0 spiro atoms. The average molecular weight is 616 g/mol. The number of aliphatic carboxylic acids is 1. The van der Waals surface area contributed by atoms with Crippen LogP contribution in [0.25, 0.3) is 0 Å². The van der Waals surface area contributed by atoms with Crippen LogP contribution in [0.1, 0.15) is 103 Å². The second-order valence-corrected chi connectivity index (χ2v) is 11.2. The van der Waals surface area contributed by atoms with Crippen LogP contribution in [0.5, 0.6) is 5.75 Å². The standard InChI is InChI=1S/C35H53NO8/c1-3-5-7-10-13-16-30(39)17-14-11-8-9-12-15-18-32(35(43,23-24-37)34(41)42)33(40)36-29(27-38)26-28-19-21-31(22-20-28)44-25-6-4-2/h15,18-22,29,32,37-38,43H,3,5,7-14,16-17,23-27H2,1-2H3,(H,36,40)(H,41,42)/b18-15+/t29-,32+,35-/m0/s1. The number of ketones is 1. The van der Waals surface area contributed by atoms with Crippen molar-refractivity contribution in [1.82, 2.24) is 5.32 Å². The van der Waals surface area contributed by atoms with E-state index in [9.17, 15) is 34.8 Å². The topological polar surface area (TPSA) is 153 Å². The molecule has 44 heavy (non-hydrogen) atoms. The van der Waals surface area contributed by atoms with E-state index >= 15 is 0 Å². The molecular weight excluding hydrogens is 562 g/mol. The highest BCUT2D eigenvalue weighted by molar-refractivity contribution is 5.90. The number of carbonyl (C=O) groups excluding carboxylic acids is 2. The molecule has 0 unspecified atom stereocenters. The zero-order chi connectivity index (χ0) is 32.6. The van der Waals surface area contributed by atoms with Crippen LogP contribution in [-0.4, -0.2) is 69.5 Å². The van der Waals surface area contributed by atoms with Gasteiger partial charge in [-0.1, -0.05) is 75.7 Å². The maximum Gasteiger partial charge on any atom is 0.336 e. The molecule has 9 heteroatoms. The van der Waals surface area contributed by atoms with Gasteiger partial charge in [0, 0.05) is 25.9 Å². The molecule has 246 valence electrons. The van der Waals surface area contributed by atoms with Gasteiger partial charge in [-0.3, -0.25) is 9.59 Å². The van der Waals surface area contributed by atoms with Crippen molar-refractivity contribution in [3.8, 4) is 17.6 Å². The number of carboxylic acids is 1. The number of ether oxygens (including phenoxy) is 1. The summed E-state index contributed by atoms with van der Waals surface area (Å²) < 4.78 is 5.50. The molecule has 0 aromatic heterocycles. The van der Waals surface area contributed by atoms with Gasteiger partial charge in [0.2, 0.25) is 5.91 Å². The third-order valence-corrected chi connectivity index (χ3v) is 7.58. The summed E-state index contributed by atoms with van der Waals surface area (Å²) in [6.45, 7) is 3.13. The van der Waals surface area contributed by atoms with Gasteiger partial charge >= 0.3 is 5.97 Å². The first-order valence-electron chi connectivity index (χ1n) is 16.0. The number of unbranched alkanes of at least 4 members (excludes halogenated alkanes) is 8. The Bertz CT molecular complexity index is 1060. The van der Waals surface area contributed by atoms with Crippen molar-refractivity contribution in [2.24, 2.45) is 5.92 Å². The van der Waals surface area contributed by atoms with Gasteiger partial charge in [-0.15, -0.1) is 5.92 Å². The Kier molecular flexibility index (Phi) is 20.5. The third-order valence-electron chi connectivity index (χ3n) is 7.58. The third kappa shape index (κ3) is 15.5. The van der Waals surface area contributed by atoms with Crippen LogP contribution in [0, 0.1) is 17.8 Å². The predicted octanol–water partition coefficient (Wildman–Crippen LogP) is 4.75. The molecule has 0 saturated heterocycles. The van der Waals surface area contributed by atoms with Crippen molar-refractivity contribution >= 4 is 17.7 Å². The van der Waals surface area contributed by atoms with Gasteiger partial charge in [-0.05, 0) is 56.7 Å². The molecule has 5 N–H and O–H groups in total. The van der Waals surface area contributed by atoms with Crippen LogP contribution in [0.15, 0.2) is 36.4 Å². The molecule has 1 aromatic carbocycles. The number of aliphatic hydroxyl groups is 3. The molecule has 0 aliphatic carbocycles. The number of nitrogens with one attached hydrogen (secondary N) is 1. The van der Waals surface area contributed by atoms with Crippen LogP contribution >= 0.6 is 0 Å². The minimum atomic E-state index is -2.52. The van der Waals surface area contributed by atoms with E-state index in [1.165, 1.54) is 25.3 Å². The number of carboxylic acid groups (broad SMARTS) is 1. The predicted molar refractivity (Wildman–Crippen MR) is 171 cm³/mol. The number of aliphatic hydroxyl groups excluding tert-OH is 2. The molecule has 0 fully saturated rings. The van der Waals surface area contributed by atoms with E-state index in [-0.39, 0.29) is 13.0 Å². The SMILES string of the molecule is CC#CCOc1ccc(C[C@@H](CO)NC(=O)[C@@H](/C=C/CCCCCCC(=O)CCCCCCC)[C@@](O)(CCO)C(=O)O)cc1. The van der Waals surface area contributed by atoms with Crippen molar-refractivity contribution in [1.29, 1.82) is 0 Å². The van der Waals surface area contributed by atoms with Gasteiger partial charge in [-0.2, -0.15) is 0 Å². The first kappa shape index (κ1) is 38.8. The summed E-state index contributed by atoms with van der Waals surface area (Å²) in [6.07, 6.45) is 13.7. The van der Waals surface area contributed by atoms with Crippen LogP contribution in [-0.2, 0) is 20.8 Å². The molecule has 0 aliphatic rings. The summed E-state index contributed by atoms with van der Waals surface area (Å²) in [5.74, 6) is 2.65. The summed E-state index contributed by atoms with van der Waals surface area (Å²) >= 11 is 0. The quantitative estimate of drug-likeness (QED) is 0.0600. The summed E-state index contributed by atoms with van der Waals surface area (Å²) in [5.41, 5.74) is -1.71. The lowest BCUT2D eigenvalue weighted by molar-refractivity contribution is -0.168. The summed E-state index contributed by atoms with van der Waals surface area (Å²) in [7, 11) is 0. The molecule has 1 aromatic rings. The smallest absolute Gasteiger partial charge is 0.336 e. The molecule has 3 atom stereocenters. The van der Waals surface area contributed by atoms with Gasteiger partial charge in [-0.25, -0.2) is 4.79 Å². The molecule has 9 nitrogen and oxygen atoms in total. The van der Waals surface area contributed by atoms with Crippen LogP contribution in [0.4, 0.5) is 0 Å². The molecule has 0 saturated carbocycles. The van der Waals surface area contributed by atoms with Gasteiger partial charge in [0.1, 0.15) is 18.1 Å². The Morgan fingerprint density at radius 3 is 2.18 bits per heavy atom. The Hall–Kier alpha value is -3.19. The number of allylic oxidation sites excluding steroid dienone is 1. The van der Waals surface area contributed by atoms with Gasteiger partial charge < -0.3 is 30.5 Å². The molecule has 0 radical (unpaired) electrons. The summed E-state index contributed by atoms with van der Waals surface area (Å²) in [6, 6.07) is 6.37. The fourth-order valence-corrected chi connectivity index (χ4v) is 4.90. The first-order chi connectivity index (χ1) is 21.2. The number of benzene rings is 1. The minimum absolute atomic E-state index is 0.264. The van der Waals surface area contributed by atoms with E-state index in [1.807, 2.05) is 0 Å². The average Bonchev–Trinajstić information content (AvgIpc) is 3.00. The second-order valence-electron chi connectivity index (χ2n) is 11.2. The molecule has 1 amide bonds. The van der Waals surface area contributed by atoms with Gasteiger partial charge in [0.05, 0.1) is 18.6 Å². The highest BCUT2D eigenvalue weighted by atomic mass is 16.5. The summed E-state index contributed by atoms with van der Waals surface area (Å²) in [4.78, 5) is 37.4. The number of amides is 1. The molecule has 0 heterocycles. The van der Waals surface area contributed by atoms with Crippen LogP contribution in [0.3, 0.4) is 0 Å². The largest absolute Gasteiger partial charge is 0.481 e. The second kappa shape index (κ2) is 23.2. The van der Waals surface area contributed by atoms with E-state index in [0.717, 1.165) is 44.1 Å². The van der Waals surface area contributed by atoms with Crippen LogP contribution in [0.2, 0.25) is 0 Å². The molecule has 0 bridgehead atoms. The Balaban J connectivity index is 2.69. The molecular formula is C35H53NO8. The number of carbonyl (C=O) groups is 3. The highest BCUT2D eigenvalue weighted by Crippen LogP contribution is 2.25. The zero-order valence-corrected chi connectivity index (χ0v) is 26.6. The molecule has 1 rings (SSSR count). The van der Waals surface area contributed by atoms with Gasteiger partial charge in [0.15, 0.2) is 5.60 Å². The van der Waals surface area contributed by atoms with Crippen molar-refractivity contribution in [3.63, 3.8) is 0 Å². The Morgan fingerprint density at radius 2 is 1.61 bits per heavy atom. The summed E-state index contributed by atoms with van der Waals surface area (Å²) in [5, 5.41) is 42.8. The maximum atomic E-state index is 13.3. The minimum Gasteiger partial charge on any atom is -0.481 e. The van der Waals surface area contributed by atoms with E-state index < -0.39 is 49.1 Å². The normalized spacial score (nSPS) is 13.8. The molecule has 0 aliphatic heterocycles. The lowest BCUT2D eigenvalue weighted by atomic mass is 9.83. The lowest BCUT2D eigenvalue weighted by Gasteiger charge is -2.30.